The number of benzene rings is 1. The van der Waals surface area contributed by atoms with Crippen LogP contribution in [0.25, 0.3) is 0 Å². The number of piperidine rings is 1. The maximum atomic E-state index is 12.6. The van der Waals surface area contributed by atoms with Crippen molar-refractivity contribution in [3.8, 4) is 0 Å². The number of carbonyl (C=O) groups excluding carboxylic acids is 1. The van der Waals surface area contributed by atoms with E-state index in [2.05, 4.69) is 5.32 Å². The van der Waals surface area contributed by atoms with Crippen molar-refractivity contribution in [3.05, 3.63) is 29.8 Å². The molecule has 0 bridgehead atoms. The number of nitrogens with zero attached hydrogens (tertiary/aromatic N) is 2. The second-order valence-electron chi connectivity index (χ2n) is 6.44. The summed E-state index contributed by atoms with van der Waals surface area (Å²) >= 11 is 0. The molecule has 1 N–H and O–H groups in total. The van der Waals surface area contributed by atoms with Crippen LogP contribution in [0.3, 0.4) is 0 Å². The third kappa shape index (κ3) is 4.34. The van der Waals surface area contributed by atoms with E-state index in [1.54, 1.807) is 12.1 Å². The van der Waals surface area contributed by atoms with Gasteiger partial charge in [-0.2, -0.15) is 0 Å². The molecule has 0 radical (unpaired) electrons. The minimum absolute atomic E-state index is 0.0177. The lowest BCUT2D eigenvalue weighted by atomic mass is 9.93. The van der Waals surface area contributed by atoms with Gasteiger partial charge < -0.3 is 10.2 Å². The van der Waals surface area contributed by atoms with Crippen molar-refractivity contribution in [2.45, 2.75) is 24.2 Å². The SMILES string of the molecule is CNCCC1CCN(C(=O)c2ccc(S(=O)(=O)N(C)C)cc2)CC1. The van der Waals surface area contributed by atoms with E-state index in [0.29, 0.717) is 11.5 Å². The van der Waals surface area contributed by atoms with Crippen molar-refractivity contribution in [2.24, 2.45) is 5.92 Å². The van der Waals surface area contributed by atoms with Gasteiger partial charge in [-0.25, -0.2) is 12.7 Å². The van der Waals surface area contributed by atoms with E-state index in [9.17, 15) is 13.2 Å². The predicted octanol–water partition coefficient (Wildman–Crippen LogP) is 1.40. The van der Waals surface area contributed by atoms with Crippen molar-refractivity contribution in [1.82, 2.24) is 14.5 Å². The van der Waals surface area contributed by atoms with Crippen molar-refractivity contribution < 1.29 is 13.2 Å². The quantitative estimate of drug-likeness (QED) is 0.839. The minimum atomic E-state index is -3.46. The molecule has 1 aliphatic rings. The number of rotatable bonds is 6. The second-order valence-corrected chi connectivity index (χ2v) is 8.59. The van der Waals surface area contributed by atoms with Gasteiger partial charge in [0.15, 0.2) is 0 Å². The summed E-state index contributed by atoms with van der Waals surface area (Å²) in [6.07, 6.45) is 3.21. The number of amides is 1. The Labute approximate surface area is 144 Å². The van der Waals surface area contributed by atoms with Crippen LogP contribution >= 0.6 is 0 Å². The van der Waals surface area contributed by atoms with Crippen LogP contribution in [-0.2, 0) is 10.0 Å². The first-order valence-corrected chi connectivity index (χ1v) is 9.76. The molecule has 24 heavy (non-hydrogen) atoms. The van der Waals surface area contributed by atoms with E-state index in [4.69, 9.17) is 0 Å². The monoisotopic (exact) mass is 353 g/mol. The third-order valence-corrected chi connectivity index (χ3v) is 6.41. The maximum Gasteiger partial charge on any atom is 0.253 e. The summed E-state index contributed by atoms with van der Waals surface area (Å²) in [5, 5.41) is 3.17. The molecule has 0 spiro atoms. The Morgan fingerprint density at radius 3 is 2.29 bits per heavy atom. The third-order valence-electron chi connectivity index (χ3n) is 4.58. The van der Waals surface area contributed by atoms with Crippen molar-refractivity contribution in [2.75, 3.05) is 40.8 Å². The second kappa shape index (κ2) is 8.09. The Bertz CT molecular complexity index is 648. The van der Waals surface area contributed by atoms with E-state index in [1.807, 2.05) is 11.9 Å². The zero-order valence-corrected chi connectivity index (χ0v) is 15.5. The summed E-state index contributed by atoms with van der Waals surface area (Å²) < 4.78 is 25.3. The largest absolute Gasteiger partial charge is 0.339 e. The molecule has 2 rings (SSSR count). The van der Waals surface area contributed by atoms with Gasteiger partial charge in [0, 0.05) is 32.7 Å². The molecule has 0 saturated carbocycles. The van der Waals surface area contributed by atoms with E-state index in [-0.39, 0.29) is 10.8 Å². The molecule has 1 heterocycles. The molecular formula is C17H27N3O3S. The van der Waals surface area contributed by atoms with Crippen LogP contribution in [0.1, 0.15) is 29.6 Å². The Morgan fingerprint density at radius 2 is 1.79 bits per heavy atom. The van der Waals surface area contributed by atoms with E-state index in [1.165, 1.54) is 30.5 Å². The highest BCUT2D eigenvalue weighted by Crippen LogP contribution is 2.22. The molecule has 0 unspecified atom stereocenters. The number of hydrogen-bond donors (Lipinski definition) is 1. The van der Waals surface area contributed by atoms with Crippen LogP contribution in [0, 0.1) is 5.92 Å². The number of nitrogens with one attached hydrogen (secondary N) is 1. The van der Waals surface area contributed by atoms with Crippen LogP contribution in [0.2, 0.25) is 0 Å². The van der Waals surface area contributed by atoms with E-state index in [0.717, 1.165) is 38.9 Å². The smallest absolute Gasteiger partial charge is 0.253 e. The van der Waals surface area contributed by atoms with Gasteiger partial charge in [0.2, 0.25) is 10.0 Å². The molecule has 1 aliphatic heterocycles. The Hall–Kier alpha value is -1.44. The molecule has 1 saturated heterocycles. The summed E-state index contributed by atoms with van der Waals surface area (Å²) in [5.74, 6) is 0.657. The van der Waals surface area contributed by atoms with Gasteiger partial charge >= 0.3 is 0 Å². The van der Waals surface area contributed by atoms with E-state index >= 15 is 0 Å². The summed E-state index contributed by atoms with van der Waals surface area (Å²) in [4.78, 5) is 14.6. The topological polar surface area (TPSA) is 69.7 Å². The van der Waals surface area contributed by atoms with Gasteiger partial charge in [0.1, 0.15) is 0 Å². The Kier molecular flexibility index (Phi) is 6.37. The highest BCUT2D eigenvalue weighted by Gasteiger charge is 2.24. The Balaban J connectivity index is 1.99. The van der Waals surface area contributed by atoms with Crippen LogP contribution in [0.4, 0.5) is 0 Å². The zero-order valence-electron chi connectivity index (χ0n) is 14.7. The number of hydrogen-bond acceptors (Lipinski definition) is 4. The van der Waals surface area contributed by atoms with Gasteiger partial charge in [-0.05, 0) is 63.0 Å². The first kappa shape index (κ1) is 18.9. The van der Waals surface area contributed by atoms with Crippen molar-refractivity contribution in [1.29, 1.82) is 0 Å². The molecular weight excluding hydrogens is 326 g/mol. The molecule has 134 valence electrons. The van der Waals surface area contributed by atoms with Gasteiger partial charge in [0.25, 0.3) is 5.91 Å². The maximum absolute atomic E-state index is 12.6. The standard InChI is InChI=1S/C17H27N3O3S/c1-18-11-8-14-9-12-20(13-10-14)17(21)15-4-6-16(7-5-15)24(22,23)19(2)3/h4-7,14,18H,8-13H2,1-3H3. The lowest BCUT2D eigenvalue weighted by Gasteiger charge is -2.32. The zero-order chi connectivity index (χ0) is 17.7. The highest BCUT2D eigenvalue weighted by molar-refractivity contribution is 7.89. The van der Waals surface area contributed by atoms with E-state index < -0.39 is 10.0 Å². The fourth-order valence-electron chi connectivity index (χ4n) is 2.94. The molecule has 7 heteroatoms. The van der Waals surface area contributed by atoms with Gasteiger partial charge in [0.05, 0.1) is 4.90 Å². The molecule has 1 aromatic rings. The van der Waals surface area contributed by atoms with Gasteiger partial charge in [-0.15, -0.1) is 0 Å². The predicted molar refractivity (Wildman–Crippen MR) is 94.5 cm³/mol. The number of sulfonamides is 1. The molecule has 1 fully saturated rings. The lowest BCUT2D eigenvalue weighted by molar-refractivity contribution is 0.0687. The molecule has 0 atom stereocenters. The molecule has 1 aromatic carbocycles. The molecule has 6 nitrogen and oxygen atoms in total. The highest BCUT2D eigenvalue weighted by atomic mass is 32.2. The van der Waals surface area contributed by atoms with Crippen molar-refractivity contribution in [3.63, 3.8) is 0 Å². The summed E-state index contributed by atoms with van der Waals surface area (Å²) in [5.41, 5.74) is 0.543. The van der Waals surface area contributed by atoms with Gasteiger partial charge in [-0.3, -0.25) is 4.79 Å². The number of likely N-dealkylation sites (tertiary alicyclic amines) is 1. The fourth-order valence-corrected chi connectivity index (χ4v) is 3.84. The fraction of sp³-hybridized carbons (Fsp3) is 0.588. The molecule has 0 aliphatic carbocycles. The van der Waals surface area contributed by atoms with Crippen LogP contribution in [0.15, 0.2) is 29.2 Å². The normalized spacial score (nSPS) is 16.6. The Morgan fingerprint density at radius 1 is 1.21 bits per heavy atom. The average molecular weight is 353 g/mol. The summed E-state index contributed by atoms with van der Waals surface area (Å²) in [6, 6.07) is 6.21. The number of carbonyl (C=O) groups is 1. The molecule has 0 aromatic heterocycles. The van der Waals surface area contributed by atoms with Crippen molar-refractivity contribution >= 4 is 15.9 Å². The first-order chi connectivity index (χ1) is 11.4. The van der Waals surface area contributed by atoms with Gasteiger partial charge in [-0.1, -0.05) is 0 Å². The van der Waals surface area contributed by atoms with Crippen LogP contribution in [-0.4, -0.2) is 64.3 Å². The lowest BCUT2D eigenvalue weighted by Crippen LogP contribution is -2.39. The summed E-state index contributed by atoms with van der Waals surface area (Å²) in [6.45, 7) is 2.55. The summed E-state index contributed by atoms with van der Waals surface area (Å²) in [7, 11) is 1.48. The average Bonchev–Trinajstić information content (AvgIpc) is 2.59. The van der Waals surface area contributed by atoms with Crippen LogP contribution < -0.4 is 5.32 Å². The van der Waals surface area contributed by atoms with Crippen LogP contribution in [0.5, 0.6) is 0 Å². The first-order valence-electron chi connectivity index (χ1n) is 8.32. The minimum Gasteiger partial charge on any atom is -0.339 e. The molecule has 1 amide bonds.